The second-order valence-corrected chi connectivity index (χ2v) is 7.78. The molecule has 0 bridgehead atoms. The Kier molecular flexibility index (Phi) is 9.32. The fraction of sp³-hybridized carbons (Fsp3) is 0.667. The van der Waals surface area contributed by atoms with Gasteiger partial charge in [-0.1, -0.05) is 30.3 Å². The van der Waals surface area contributed by atoms with Gasteiger partial charge in [0.25, 0.3) is 0 Å². The van der Waals surface area contributed by atoms with Crippen LogP contribution in [0.5, 0.6) is 0 Å². The first-order valence-electron chi connectivity index (χ1n) is 9.96. The number of halogens is 1. The zero-order chi connectivity index (χ0) is 18.4. The Hall–Kier alpha value is -0.860. The summed E-state index contributed by atoms with van der Waals surface area (Å²) in [5.74, 6) is 1.62. The molecule has 1 aliphatic carbocycles. The summed E-state index contributed by atoms with van der Waals surface area (Å²) in [6, 6.07) is 11.7. The summed E-state index contributed by atoms with van der Waals surface area (Å²) in [5.41, 5.74) is 1.24. The summed E-state index contributed by atoms with van der Waals surface area (Å²) in [4.78, 5) is 9.36. The lowest BCUT2D eigenvalue weighted by atomic mass is 10.1. The lowest BCUT2D eigenvalue weighted by Crippen LogP contribution is -2.46. The minimum absolute atomic E-state index is 0. The van der Waals surface area contributed by atoms with Crippen molar-refractivity contribution < 1.29 is 4.74 Å². The van der Waals surface area contributed by atoms with Crippen LogP contribution in [-0.2, 0) is 11.3 Å². The maximum absolute atomic E-state index is 5.93. The Morgan fingerprint density at radius 2 is 2.04 bits per heavy atom. The summed E-state index contributed by atoms with van der Waals surface area (Å²) in [5, 5.41) is 3.57. The van der Waals surface area contributed by atoms with Gasteiger partial charge in [-0.25, -0.2) is 0 Å². The quantitative estimate of drug-likeness (QED) is 0.348. The lowest BCUT2D eigenvalue weighted by molar-refractivity contribution is 0.0906. The fourth-order valence-corrected chi connectivity index (χ4v) is 3.64. The third-order valence-electron chi connectivity index (χ3n) is 5.64. The standard InChI is InChI=1S/C21H34N4O.HI/c1-17(24(3)20-9-10-20)13-23-21(22-2)25-12-11-19(14-25)16-26-15-18-7-5-4-6-8-18;/h4-8,17,19-20H,9-16H2,1-3H3,(H,22,23);1H. The molecule has 2 atom stereocenters. The van der Waals surface area contributed by atoms with E-state index in [0.717, 1.165) is 38.2 Å². The van der Waals surface area contributed by atoms with Crippen molar-refractivity contribution in [2.45, 2.75) is 44.9 Å². The molecule has 2 unspecified atom stereocenters. The van der Waals surface area contributed by atoms with Crippen LogP contribution in [0.4, 0.5) is 0 Å². The molecule has 0 amide bonds. The number of hydrogen-bond acceptors (Lipinski definition) is 3. The average molecular weight is 486 g/mol. The van der Waals surface area contributed by atoms with Gasteiger partial charge in [0.05, 0.1) is 13.2 Å². The highest BCUT2D eigenvalue weighted by Gasteiger charge is 2.30. The Morgan fingerprint density at radius 1 is 1.30 bits per heavy atom. The zero-order valence-corrected chi connectivity index (χ0v) is 19.3. The van der Waals surface area contributed by atoms with Crippen molar-refractivity contribution in [1.29, 1.82) is 0 Å². The van der Waals surface area contributed by atoms with Gasteiger partial charge in [0.2, 0.25) is 0 Å². The molecule has 1 N–H and O–H groups in total. The van der Waals surface area contributed by atoms with Gasteiger partial charge in [-0.05, 0) is 38.8 Å². The molecule has 1 aromatic carbocycles. The number of likely N-dealkylation sites (N-methyl/N-ethyl adjacent to an activating group) is 1. The van der Waals surface area contributed by atoms with Crippen LogP contribution in [-0.4, -0.2) is 68.2 Å². The van der Waals surface area contributed by atoms with Crippen molar-refractivity contribution >= 4 is 29.9 Å². The molecular weight excluding hydrogens is 451 g/mol. The van der Waals surface area contributed by atoms with E-state index < -0.39 is 0 Å². The van der Waals surface area contributed by atoms with Gasteiger partial charge in [-0.2, -0.15) is 0 Å². The maximum atomic E-state index is 5.93. The van der Waals surface area contributed by atoms with E-state index in [4.69, 9.17) is 4.74 Å². The number of ether oxygens (including phenoxy) is 1. The van der Waals surface area contributed by atoms with E-state index in [0.29, 0.717) is 18.6 Å². The van der Waals surface area contributed by atoms with Crippen LogP contribution in [0.2, 0.25) is 0 Å². The SMILES string of the molecule is CN=C(NCC(C)N(C)C1CC1)N1CCC(COCc2ccccc2)C1.I. The molecule has 1 aliphatic heterocycles. The number of hydrogen-bond donors (Lipinski definition) is 1. The Morgan fingerprint density at radius 3 is 2.70 bits per heavy atom. The first-order valence-corrected chi connectivity index (χ1v) is 9.96. The van der Waals surface area contributed by atoms with Crippen LogP contribution in [0, 0.1) is 5.92 Å². The molecule has 0 aromatic heterocycles. The van der Waals surface area contributed by atoms with Crippen molar-refractivity contribution in [2.24, 2.45) is 10.9 Å². The van der Waals surface area contributed by atoms with E-state index in [2.05, 4.69) is 58.3 Å². The largest absolute Gasteiger partial charge is 0.376 e. The van der Waals surface area contributed by atoms with Gasteiger partial charge in [-0.3, -0.25) is 9.89 Å². The van der Waals surface area contributed by atoms with Crippen LogP contribution in [0.1, 0.15) is 31.7 Å². The summed E-state index contributed by atoms with van der Waals surface area (Å²) in [7, 11) is 4.12. The maximum Gasteiger partial charge on any atom is 0.193 e. The van der Waals surface area contributed by atoms with Crippen LogP contribution in [0.3, 0.4) is 0 Å². The number of benzene rings is 1. The molecule has 5 nitrogen and oxygen atoms in total. The molecule has 152 valence electrons. The van der Waals surface area contributed by atoms with Gasteiger partial charge in [0.1, 0.15) is 0 Å². The third kappa shape index (κ3) is 6.91. The second-order valence-electron chi connectivity index (χ2n) is 7.78. The molecule has 3 rings (SSSR count). The topological polar surface area (TPSA) is 40.1 Å². The van der Waals surface area contributed by atoms with E-state index in [1.54, 1.807) is 0 Å². The number of rotatable bonds is 8. The van der Waals surface area contributed by atoms with Crippen molar-refractivity contribution in [3.8, 4) is 0 Å². The van der Waals surface area contributed by atoms with Crippen molar-refractivity contribution in [3.05, 3.63) is 35.9 Å². The molecule has 1 saturated carbocycles. The van der Waals surface area contributed by atoms with E-state index in [1.165, 1.54) is 24.8 Å². The van der Waals surface area contributed by atoms with Crippen LogP contribution in [0.25, 0.3) is 0 Å². The highest BCUT2D eigenvalue weighted by molar-refractivity contribution is 14.0. The van der Waals surface area contributed by atoms with Gasteiger partial charge < -0.3 is 15.0 Å². The highest BCUT2D eigenvalue weighted by Crippen LogP contribution is 2.26. The molecule has 2 aliphatic rings. The minimum Gasteiger partial charge on any atom is -0.376 e. The number of nitrogens with one attached hydrogen (secondary N) is 1. The molecule has 2 fully saturated rings. The van der Waals surface area contributed by atoms with Crippen molar-refractivity contribution in [2.75, 3.05) is 40.3 Å². The van der Waals surface area contributed by atoms with Gasteiger partial charge >= 0.3 is 0 Å². The summed E-state index contributed by atoms with van der Waals surface area (Å²) in [6.07, 6.45) is 3.88. The summed E-state index contributed by atoms with van der Waals surface area (Å²) in [6.45, 7) is 6.86. The van der Waals surface area contributed by atoms with Crippen LogP contribution >= 0.6 is 24.0 Å². The lowest BCUT2D eigenvalue weighted by Gasteiger charge is -2.28. The van der Waals surface area contributed by atoms with Crippen molar-refractivity contribution in [3.63, 3.8) is 0 Å². The normalized spacial score (nSPS) is 21.3. The number of aliphatic imine (C=N–C) groups is 1. The van der Waals surface area contributed by atoms with Crippen LogP contribution < -0.4 is 5.32 Å². The first kappa shape index (κ1) is 22.4. The summed E-state index contributed by atoms with van der Waals surface area (Å²) < 4.78 is 5.93. The van der Waals surface area contributed by atoms with Crippen molar-refractivity contribution in [1.82, 2.24) is 15.1 Å². The molecule has 1 aromatic rings. The fourth-order valence-electron chi connectivity index (χ4n) is 3.64. The second kappa shape index (κ2) is 11.2. The van der Waals surface area contributed by atoms with Crippen LogP contribution in [0.15, 0.2) is 35.3 Å². The Balaban J connectivity index is 0.00000261. The molecule has 6 heteroatoms. The van der Waals surface area contributed by atoms with E-state index in [1.807, 2.05) is 13.1 Å². The van der Waals surface area contributed by atoms with Gasteiger partial charge in [0, 0.05) is 44.7 Å². The number of likely N-dealkylation sites (tertiary alicyclic amines) is 1. The molecule has 0 spiro atoms. The van der Waals surface area contributed by atoms with Gasteiger partial charge in [0.15, 0.2) is 5.96 Å². The summed E-state index contributed by atoms with van der Waals surface area (Å²) >= 11 is 0. The monoisotopic (exact) mass is 486 g/mol. The molecule has 1 heterocycles. The molecule has 0 radical (unpaired) electrons. The van der Waals surface area contributed by atoms with E-state index in [9.17, 15) is 0 Å². The Bertz CT molecular complexity index is 579. The predicted molar refractivity (Wildman–Crippen MR) is 123 cm³/mol. The smallest absolute Gasteiger partial charge is 0.193 e. The minimum atomic E-state index is 0. The number of nitrogens with zero attached hydrogens (tertiary/aromatic N) is 3. The Labute approximate surface area is 181 Å². The van der Waals surface area contributed by atoms with E-state index in [-0.39, 0.29) is 24.0 Å². The molecule has 27 heavy (non-hydrogen) atoms. The third-order valence-corrected chi connectivity index (χ3v) is 5.64. The molecular formula is C21H35IN4O. The zero-order valence-electron chi connectivity index (χ0n) is 16.9. The molecule has 1 saturated heterocycles. The number of guanidine groups is 1. The van der Waals surface area contributed by atoms with E-state index >= 15 is 0 Å². The highest BCUT2D eigenvalue weighted by atomic mass is 127. The predicted octanol–water partition coefficient (Wildman–Crippen LogP) is 3.20. The average Bonchev–Trinajstić information content (AvgIpc) is 3.42. The van der Waals surface area contributed by atoms with Gasteiger partial charge in [-0.15, -0.1) is 24.0 Å². The first-order chi connectivity index (χ1) is 12.7.